The number of aromatic amines is 1. The lowest BCUT2D eigenvalue weighted by molar-refractivity contribution is 0.752. The van der Waals surface area contributed by atoms with E-state index in [0.717, 1.165) is 28.0 Å². The molecule has 1 aromatic heterocycles. The van der Waals surface area contributed by atoms with E-state index in [1.54, 1.807) is 0 Å². The Morgan fingerprint density at radius 3 is 2.33 bits per heavy atom. The molecule has 3 heteroatoms. The Bertz CT molecular complexity index is 1460. The van der Waals surface area contributed by atoms with Crippen LogP contribution in [0.2, 0.25) is 0 Å². The van der Waals surface area contributed by atoms with Crippen LogP contribution in [0, 0.1) is 0 Å². The van der Waals surface area contributed by atoms with E-state index in [4.69, 9.17) is 10.7 Å². The van der Waals surface area contributed by atoms with Crippen molar-refractivity contribution in [3.63, 3.8) is 0 Å². The Balaban J connectivity index is 1.72. The molecule has 5 rings (SSSR count). The van der Waals surface area contributed by atoms with Gasteiger partial charge in [-0.25, -0.2) is 0 Å². The number of benzene rings is 3. The highest BCUT2D eigenvalue weighted by atomic mass is 14.9. The molecule has 0 fully saturated rings. The van der Waals surface area contributed by atoms with Crippen molar-refractivity contribution in [3.05, 3.63) is 161 Å². The first-order chi connectivity index (χ1) is 17.6. The molecule has 178 valence electrons. The van der Waals surface area contributed by atoms with Gasteiger partial charge in [-0.2, -0.15) is 0 Å². The maximum Gasteiger partial charge on any atom is 0.123 e. The first-order valence-corrected chi connectivity index (χ1v) is 12.3. The summed E-state index contributed by atoms with van der Waals surface area (Å²) in [5.74, 6) is 0. The molecular weight excluding hydrogens is 438 g/mol. The zero-order valence-corrected chi connectivity index (χ0v) is 20.8. The molecule has 1 aliphatic rings. The summed E-state index contributed by atoms with van der Waals surface area (Å²) in [4.78, 5) is 8.11. The minimum atomic E-state index is -0.467. The maximum atomic E-state index is 6.63. The van der Waals surface area contributed by atoms with Crippen molar-refractivity contribution in [3.8, 4) is 0 Å². The zero-order chi connectivity index (χ0) is 25.1. The summed E-state index contributed by atoms with van der Waals surface area (Å²) < 4.78 is 0. The van der Waals surface area contributed by atoms with E-state index in [9.17, 15) is 0 Å². The van der Waals surface area contributed by atoms with Gasteiger partial charge in [-0.3, -0.25) is 4.99 Å². The van der Waals surface area contributed by atoms with E-state index in [0.29, 0.717) is 0 Å². The predicted molar refractivity (Wildman–Crippen MR) is 151 cm³/mol. The molecule has 0 amide bonds. The minimum absolute atomic E-state index is 0.460. The van der Waals surface area contributed by atoms with Crippen LogP contribution in [0.25, 0.3) is 5.57 Å². The third-order valence-corrected chi connectivity index (χ3v) is 7.07. The summed E-state index contributed by atoms with van der Waals surface area (Å²) in [5.41, 5.74) is 16.2. The van der Waals surface area contributed by atoms with Gasteiger partial charge in [-0.15, -0.1) is 0 Å². The molecule has 0 spiro atoms. The van der Waals surface area contributed by atoms with Gasteiger partial charge >= 0.3 is 0 Å². The molecule has 0 saturated heterocycles. The van der Waals surface area contributed by atoms with Gasteiger partial charge in [0, 0.05) is 18.1 Å². The smallest absolute Gasteiger partial charge is 0.123 e. The van der Waals surface area contributed by atoms with Crippen LogP contribution >= 0.6 is 0 Å². The maximum absolute atomic E-state index is 6.63. The molecule has 0 radical (unpaired) electrons. The highest BCUT2D eigenvalue weighted by molar-refractivity contribution is 5.98. The van der Waals surface area contributed by atoms with Crippen molar-refractivity contribution < 1.29 is 0 Å². The Morgan fingerprint density at radius 2 is 1.69 bits per heavy atom. The number of aromatic nitrogens is 1. The van der Waals surface area contributed by atoms with Crippen LogP contribution in [0.1, 0.15) is 53.4 Å². The molecular formula is C33H31N3. The van der Waals surface area contributed by atoms with Crippen LogP contribution in [-0.4, -0.2) is 10.7 Å². The van der Waals surface area contributed by atoms with Gasteiger partial charge in [0.2, 0.25) is 0 Å². The average molecular weight is 470 g/mol. The number of H-pyrrole nitrogens is 1. The van der Waals surface area contributed by atoms with Crippen LogP contribution in [0.5, 0.6) is 0 Å². The van der Waals surface area contributed by atoms with Gasteiger partial charge in [0.05, 0.1) is 5.41 Å². The van der Waals surface area contributed by atoms with Crippen LogP contribution in [0.3, 0.4) is 0 Å². The molecule has 1 heterocycles. The van der Waals surface area contributed by atoms with Crippen molar-refractivity contribution in [2.75, 3.05) is 0 Å². The number of nitrogens with two attached hydrogens (primary N) is 1. The molecule has 3 aromatic carbocycles. The number of nitrogens with zero attached hydrogens (tertiary/aromatic N) is 1. The van der Waals surface area contributed by atoms with E-state index in [1.807, 2.05) is 37.4 Å². The zero-order valence-electron chi connectivity index (χ0n) is 20.8. The van der Waals surface area contributed by atoms with Crippen molar-refractivity contribution >= 4 is 11.3 Å². The second-order valence-electron chi connectivity index (χ2n) is 9.08. The van der Waals surface area contributed by atoms with Crippen LogP contribution < -0.4 is 5.73 Å². The molecule has 3 nitrogen and oxygen atoms in total. The minimum Gasteiger partial charge on any atom is -0.367 e. The summed E-state index contributed by atoms with van der Waals surface area (Å²) in [6.07, 6.45) is 9.91. The number of aliphatic imine (C=N–C) groups is 1. The SMILES string of the molecule is C=CC1=C(/C=C\C)C(c2ccccc2)(c2cc[nH]c2)c2ccc(C(N)N=C(C)c3ccccc3)cc21. The van der Waals surface area contributed by atoms with Crippen molar-refractivity contribution in [1.29, 1.82) is 0 Å². The largest absolute Gasteiger partial charge is 0.367 e. The number of hydrogen-bond donors (Lipinski definition) is 2. The number of hydrogen-bond acceptors (Lipinski definition) is 2. The molecule has 2 unspecified atom stereocenters. The van der Waals surface area contributed by atoms with Crippen LogP contribution in [0.15, 0.2) is 133 Å². The molecule has 36 heavy (non-hydrogen) atoms. The van der Waals surface area contributed by atoms with Gasteiger partial charge in [0.25, 0.3) is 0 Å². The molecule has 4 aromatic rings. The quantitative estimate of drug-likeness (QED) is 0.273. The van der Waals surface area contributed by atoms with Crippen molar-refractivity contribution in [2.45, 2.75) is 25.4 Å². The van der Waals surface area contributed by atoms with E-state index in [2.05, 4.69) is 104 Å². The van der Waals surface area contributed by atoms with Crippen molar-refractivity contribution in [1.82, 2.24) is 4.98 Å². The fraction of sp³-hybridized carbons (Fsp3) is 0.121. The standard InChI is InChI=1S/C33H31N3/c1-4-12-30-28(5-2)29-21-25(32(34)36-23(3)24-13-8-6-9-14-24)17-18-31(29)33(30,27-19-20-35-22-27)26-15-10-7-11-16-26/h4-22,32,35H,2,34H2,1,3H3/b12-4-,36-23?. The number of nitrogens with one attached hydrogen (secondary N) is 1. The molecule has 0 bridgehead atoms. The lowest BCUT2D eigenvalue weighted by Crippen LogP contribution is -2.29. The van der Waals surface area contributed by atoms with Gasteiger partial charge in [0.1, 0.15) is 6.17 Å². The highest BCUT2D eigenvalue weighted by Gasteiger charge is 2.46. The number of fused-ring (bicyclic) bond motifs is 1. The lowest BCUT2D eigenvalue weighted by atomic mass is 9.67. The summed E-state index contributed by atoms with van der Waals surface area (Å²) in [7, 11) is 0. The highest BCUT2D eigenvalue weighted by Crippen LogP contribution is 2.55. The monoisotopic (exact) mass is 469 g/mol. The first-order valence-electron chi connectivity index (χ1n) is 12.3. The summed E-state index contributed by atoms with van der Waals surface area (Å²) in [6.45, 7) is 8.29. The summed E-state index contributed by atoms with van der Waals surface area (Å²) in [5, 5.41) is 0. The topological polar surface area (TPSA) is 54.2 Å². The Morgan fingerprint density at radius 1 is 0.972 bits per heavy atom. The van der Waals surface area contributed by atoms with Gasteiger partial charge in [0.15, 0.2) is 0 Å². The Labute approximate surface area is 213 Å². The Hall–Kier alpha value is -4.21. The second-order valence-corrected chi connectivity index (χ2v) is 9.08. The predicted octanol–water partition coefficient (Wildman–Crippen LogP) is 7.34. The summed E-state index contributed by atoms with van der Waals surface area (Å²) >= 11 is 0. The van der Waals surface area contributed by atoms with E-state index >= 15 is 0 Å². The molecule has 0 saturated carbocycles. The van der Waals surface area contributed by atoms with Gasteiger partial charge in [-0.1, -0.05) is 97.6 Å². The van der Waals surface area contributed by atoms with E-state index < -0.39 is 11.6 Å². The fourth-order valence-electron chi connectivity index (χ4n) is 5.46. The molecule has 1 aliphatic carbocycles. The van der Waals surface area contributed by atoms with Gasteiger partial charge < -0.3 is 10.7 Å². The van der Waals surface area contributed by atoms with Crippen molar-refractivity contribution in [2.24, 2.45) is 10.7 Å². The fourth-order valence-corrected chi connectivity index (χ4v) is 5.46. The Kier molecular flexibility index (Phi) is 6.41. The first kappa shape index (κ1) is 23.5. The molecule has 2 atom stereocenters. The third kappa shape index (κ3) is 3.78. The van der Waals surface area contributed by atoms with Crippen LogP contribution in [-0.2, 0) is 5.41 Å². The van der Waals surface area contributed by atoms with Gasteiger partial charge in [-0.05, 0) is 70.5 Å². The van der Waals surface area contributed by atoms with E-state index in [1.165, 1.54) is 22.3 Å². The third-order valence-electron chi connectivity index (χ3n) is 7.07. The summed E-state index contributed by atoms with van der Waals surface area (Å²) in [6, 6.07) is 29.5. The van der Waals surface area contributed by atoms with Crippen LogP contribution in [0.4, 0.5) is 0 Å². The second kappa shape index (κ2) is 9.80. The number of rotatable bonds is 7. The number of allylic oxidation sites excluding steroid dienone is 5. The molecule has 3 N–H and O–H groups in total. The average Bonchev–Trinajstić information content (AvgIpc) is 3.55. The molecule has 0 aliphatic heterocycles. The lowest BCUT2D eigenvalue weighted by Gasteiger charge is -2.34. The normalized spacial score (nSPS) is 18.5. The van der Waals surface area contributed by atoms with E-state index in [-0.39, 0.29) is 0 Å².